The van der Waals surface area contributed by atoms with Crippen LogP contribution in [-0.2, 0) is 9.53 Å². The molecule has 6 heteroatoms. The summed E-state index contributed by atoms with van der Waals surface area (Å²) in [6.07, 6.45) is 13.4. The molecule has 4 fully saturated rings. The highest BCUT2D eigenvalue weighted by molar-refractivity contribution is 5.69. The molecule has 37 heavy (non-hydrogen) atoms. The van der Waals surface area contributed by atoms with Crippen LogP contribution in [0.15, 0.2) is 0 Å². The Kier molecular flexibility index (Phi) is 10.0. The van der Waals surface area contributed by atoms with Crippen LogP contribution in [0.2, 0.25) is 0 Å². The molecule has 0 aromatic carbocycles. The van der Waals surface area contributed by atoms with Gasteiger partial charge in [0, 0.05) is 12.5 Å². The first-order chi connectivity index (χ1) is 17.7. The molecule has 6 nitrogen and oxygen atoms in total. The summed E-state index contributed by atoms with van der Waals surface area (Å²) in [5, 5.41) is 19.0. The number of hydrogen-bond donors (Lipinski definition) is 4. The van der Waals surface area contributed by atoms with Gasteiger partial charge in [0.2, 0.25) is 0 Å². The normalized spacial score (nSPS) is 41.9. The van der Waals surface area contributed by atoms with E-state index in [-0.39, 0.29) is 12.1 Å². The second-order valence-electron chi connectivity index (χ2n) is 13.8. The van der Waals surface area contributed by atoms with Crippen molar-refractivity contribution in [3.8, 4) is 0 Å². The molecule has 4 aliphatic rings. The molecule has 0 aromatic rings. The molecule has 5 N–H and O–H groups in total. The summed E-state index contributed by atoms with van der Waals surface area (Å²) in [5.41, 5.74) is 6.25. The first kappa shape index (κ1) is 29.3. The van der Waals surface area contributed by atoms with Crippen molar-refractivity contribution in [2.24, 2.45) is 52.1 Å². The first-order valence-electron chi connectivity index (χ1n) is 15.6. The molecule has 4 unspecified atom stereocenters. The molecule has 214 valence electrons. The minimum atomic E-state index is -0.151. The molecule has 4 rings (SSSR count). The Balaban J connectivity index is 1.34. The van der Waals surface area contributed by atoms with Gasteiger partial charge in [-0.1, -0.05) is 20.8 Å². The third-order valence-corrected chi connectivity index (χ3v) is 12.0. The average Bonchev–Trinajstić information content (AvgIpc) is 3.24. The number of esters is 1. The number of nitrogens with one attached hydrogen (secondary N) is 2. The molecule has 0 saturated heterocycles. The van der Waals surface area contributed by atoms with Crippen molar-refractivity contribution in [1.82, 2.24) is 10.6 Å². The zero-order chi connectivity index (χ0) is 26.6. The van der Waals surface area contributed by atoms with Gasteiger partial charge in [-0.2, -0.15) is 0 Å². The van der Waals surface area contributed by atoms with E-state index in [1.54, 1.807) is 0 Å². The Morgan fingerprint density at radius 2 is 1.76 bits per heavy atom. The van der Waals surface area contributed by atoms with Crippen molar-refractivity contribution in [3.63, 3.8) is 0 Å². The van der Waals surface area contributed by atoms with Gasteiger partial charge in [0.1, 0.15) is 0 Å². The molecule has 0 heterocycles. The van der Waals surface area contributed by atoms with Gasteiger partial charge in [-0.05, 0) is 143 Å². The van der Waals surface area contributed by atoms with Crippen LogP contribution in [0.25, 0.3) is 0 Å². The van der Waals surface area contributed by atoms with E-state index < -0.39 is 0 Å². The van der Waals surface area contributed by atoms with Gasteiger partial charge >= 0.3 is 5.97 Å². The van der Waals surface area contributed by atoms with E-state index in [9.17, 15) is 9.90 Å². The molecule has 0 aromatic heterocycles. The Labute approximate surface area is 226 Å². The van der Waals surface area contributed by atoms with Crippen LogP contribution in [0.4, 0.5) is 0 Å². The number of ether oxygens (including phenoxy) is 1. The summed E-state index contributed by atoms with van der Waals surface area (Å²) in [7, 11) is 1.49. The lowest BCUT2D eigenvalue weighted by atomic mass is 9.43. The minimum Gasteiger partial charge on any atom is -0.469 e. The van der Waals surface area contributed by atoms with Crippen LogP contribution in [-0.4, -0.2) is 56.5 Å². The van der Waals surface area contributed by atoms with Crippen molar-refractivity contribution in [2.75, 3.05) is 33.3 Å². The third-order valence-electron chi connectivity index (χ3n) is 12.0. The molecule has 4 saturated carbocycles. The van der Waals surface area contributed by atoms with Gasteiger partial charge in [-0.25, -0.2) is 0 Å². The van der Waals surface area contributed by atoms with Crippen molar-refractivity contribution < 1.29 is 14.6 Å². The maximum atomic E-state index is 11.8. The van der Waals surface area contributed by atoms with Crippen LogP contribution < -0.4 is 16.4 Å². The van der Waals surface area contributed by atoms with Crippen LogP contribution in [0.1, 0.15) is 97.8 Å². The first-order valence-corrected chi connectivity index (χ1v) is 15.6. The lowest BCUT2D eigenvalue weighted by Crippen LogP contribution is -2.59. The quantitative estimate of drug-likeness (QED) is 0.224. The summed E-state index contributed by atoms with van der Waals surface area (Å²) in [6, 6.07) is 0.603. The van der Waals surface area contributed by atoms with Crippen molar-refractivity contribution in [1.29, 1.82) is 0 Å². The lowest BCUT2D eigenvalue weighted by Gasteiger charge is -2.62. The van der Waals surface area contributed by atoms with Gasteiger partial charge in [-0.15, -0.1) is 0 Å². The van der Waals surface area contributed by atoms with Crippen LogP contribution in [0.3, 0.4) is 0 Å². The number of fused-ring (bicyclic) bond motifs is 5. The number of aliphatic hydroxyl groups excluding tert-OH is 1. The van der Waals surface area contributed by atoms with Gasteiger partial charge < -0.3 is 26.2 Å². The SMILES string of the molecule is COC(=O)CC[C@@H](C)[C@H]1CCC2C3C(CC[C@@]21C)[C@@]1(C)CC[C@H](NCCCNCCCN)CC1C[C@H]3O. The Hall–Kier alpha value is -0.690. The summed E-state index contributed by atoms with van der Waals surface area (Å²) in [4.78, 5) is 11.8. The van der Waals surface area contributed by atoms with E-state index >= 15 is 0 Å². The highest BCUT2D eigenvalue weighted by atomic mass is 16.5. The van der Waals surface area contributed by atoms with Crippen LogP contribution in [0, 0.1) is 46.3 Å². The second kappa shape index (κ2) is 12.7. The predicted molar refractivity (Wildman–Crippen MR) is 150 cm³/mol. The zero-order valence-corrected chi connectivity index (χ0v) is 24.3. The van der Waals surface area contributed by atoms with Crippen molar-refractivity contribution in [3.05, 3.63) is 0 Å². The molecular weight excluding hydrogens is 462 g/mol. The number of carbonyl (C=O) groups excluding carboxylic acids is 1. The number of hydrogen-bond acceptors (Lipinski definition) is 6. The Morgan fingerprint density at radius 3 is 2.51 bits per heavy atom. The third kappa shape index (κ3) is 6.07. The minimum absolute atomic E-state index is 0.0822. The molecule has 10 atom stereocenters. The summed E-state index contributed by atoms with van der Waals surface area (Å²) in [6.45, 7) is 11.4. The highest BCUT2D eigenvalue weighted by Crippen LogP contribution is 2.68. The second-order valence-corrected chi connectivity index (χ2v) is 13.8. The fourth-order valence-electron chi connectivity index (χ4n) is 9.90. The highest BCUT2D eigenvalue weighted by Gasteiger charge is 2.62. The van der Waals surface area contributed by atoms with Crippen molar-refractivity contribution in [2.45, 2.75) is 110 Å². The maximum Gasteiger partial charge on any atom is 0.305 e. The average molecular weight is 520 g/mol. The van der Waals surface area contributed by atoms with E-state index in [1.807, 2.05) is 0 Å². The molecular formula is C31H57N3O3. The van der Waals surface area contributed by atoms with Gasteiger partial charge in [-0.3, -0.25) is 4.79 Å². The monoisotopic (exact) mass is 519 g/mol. The predicted octanol–water partition coefficient (Wildman–Crippen LogP) is 4.49. The number of aliphatic hydroxyl groups is 1. The topological polar surface area (TPSA) is 96.6 Å². The zero-order valence-electron chi connectivity index (χ0n) is 24.3. The fourth-order valence-corrected chi connectivity index (χ4v) is 9.90. The Morgan fingerprint density at radius 1 is 1.03 bits per heavy atom. The van der Waals surface area contributed by atoms with Gasteiger partial charge in [0.05, 0.1) is 13.2 Å². The number of methoxy groups -OCH3 is 1. The summed E-state index contributed by atoms with van der Waals surface area (Å²) >= 11 is 0. The number of carbonyl (C=O) groups is 1. The van der Waals surface area contributed by atoms with E-state index in [2.05, 4.69) is 31.4 Å². The van der Waals surface area contributed by atoms with E-state index in [4.69, 9.17) is 10.5 Å². The molecule has 0 spiro atoms. The van der Waals surface area contributed by atoms with Crippen LogP contribution >= 0.6 is 0 Å². The molecule has 0 bridgehead atoms. The van der Waals surface area contributed by atoms with Crippen molar-refractivity contribution >= 4 is 5.97 Å². The molecule has 0 radical (unpaired) electrons. The number of rotatable bonds is 12. The summed E-state index contributed by atoms with van der Waals surface area (Å²) in [5.74, 6) is 3.50. The number of nitrogens with two attached hydrogens (primary N) is 1. The fraction of sp³-hybridized carbons (Fsp3) is 0.968. The largest absolute Gasteiger partial charge is 0.469 e. The summed E-state index contributed by atoms with van der Waals surface area (Å²) < 4.78 is 4.91. The lowest BCUT2D eigenvalue weighted by molar-refractivity contribution is -0.167. The maximum absolute atomic E-state index is 11.8. The van der Waals surface area contributed by atoms with Gasteiger partial charge in [0.25, 0.3) is 0 Å². The van der Waals surface area contributed by atoms with Crippen LogP contribution in [0.5, 0.6) is 0 Å². The van der Waals surface area contributed by atoms with E-state index in [0.29, 0.717) is 58.8 Å². The van der Waals surface area contributed by atoms with E-state index in [0.717, 1.165) is 51.9 Å². The smallest absolute Gasteiger partial charge is 0.305 e. The Bertz CT molecular complexity index is 749. The van der Waals surface area contributed by atoms with Gasteiger partial charge in [0.15, 0.2) is 0 Å². The molecule has 0 amide bonds. The standard InChI is InChI=1S/C31H57N3O3/c1-21(7-10-28(36)37-4)24-8-9-25-29-26(12-14-31(24,25)3)30(2)13-11-23(19-22(30)20-27(29)35)34-18-6-17-33-16-5-15-32/h21-27,29,33-35H,5-20,32H2,1-4H3/t21-,22?,23+,24-,25?,26?,27-,29?,30+,31-/m1/s1. The molecule has 4 aliphatic carbocycles. The van der Waals surface area contributed by atoms with E-state index in [1.165, 1.54) is 52.1 Å². The molecule has 0 aliphatic heterocycles.